The normalized spacial score (nSPS) is 26.9. The van der Waals surface area contributed by atoms with Crippen molar-refractivity contribution in [3.05, 3.63) is 0 Å². The topological polar surface area (TPSA) is 70.6 Å². The number of guanidine groups is 1. The summed E-state index contributed by atoms with van der Waals surface area (Å²) in [6.45, 7) is 3.65. The molecule has 116 valence electrons. The van der Waals surface area contributed by atoms with Crippen molar-refractivity contribution < 1.29 is 8.42 Å². The molecule has 20 heavy (non-hydrogen) atoms. The fraction of sp³-hybridized carbons (Fsp3) is 0.929. The molecule has 2 aliphatic rings. The fourth-order valence-corrected chi connectivity index (χ4v) is 4.75. The predicted octanol–water partition coefficient (Wildman–Crippen LogP) is 1.31. The molecule has 2 N–H and O–H groups in total. The van der Waals surface area contributed by atoms with Crippen LogP contribution in [0.15, 0.2) is 4.99 Å². The largest absolute Gasteiger partial charge is 0.356 e. The van der Waals surface area contributed by atoms with Crippen molar-refractivity contribution in [2.45, 2.75) is 51.5 Å². The van der Waals surface area contributed by atoms with Gasteiger partial charge in [0.1, 0.15) is 0 Å². The van der Waals surface area contributed by atoms with Gasteiger partial charge in [-0.2, -0.15) is 0 Å². The van der Waals surface area contributed by atoms with Gasteiger partial charge in [-0.3, -0.25) is 4.99 Å². The van der Waals surface area contributed by atoms with E-state index in [1.165, 1.54) is 25.7 Å². The van der Waals surface area contributed by atoms with E-state index < -0.39 is 9.84 Å². The molecule has 0 radical (unpaired) electrons. The van der Waals surface area contributed by atoms with Crippen LogP contribution in [0.3, 0.4) is 0 Å². The van der Waals surface area contributed by atoms with Crippen LogP contribution >= 0.6 is 0 Å². The molecule has 0 spiro atoms. The average Bonchev–Trinajstić information content (AvgIpc) is 3.02. The molecule has 2 rings (SSSR count). The molecule has 0 aromatic carbocycles. The van der Waals surface area contributed by atoms with E-state index in [0.29, 0.717) is 24.1 Å². The van der Waals surface area contributed by atoms with Crippen LogP contribution in [0.25, 0.3) is 0 Å². The smallest absolute Gasteiger partial charge is 0.191 e. The predicted molar refractivity (Wildman–Crippen MR) is 82.7 cm³/mol. The molecule has 1 aliphatic carbocycles. The van der Waals surface area contributed by atoms with Crippen LogP contribution in [0.4, 0.5) is 0 Å². The Labute approximate surface area is 122 Å². The highest BCUT2D eigenvalue weighted by molar-refractivity contribution is 7.91. The number of hydrogen-bond donors (Lipinski definition) is 2. The summed E-state index contributed by atoms with van der Waals surface area (Å²) in [5.74, 6) is 1.70. The third kappa shape index (κ3) is 4.96. The number of rotatable bonds is 5. The summed E-state index contributed by atoms with van der Waals surface area (Å²) in [5, 5.41) is 6.82. The zero-order chi connectivity index (χ0) is 14.4. The Balaban J connectivity index is 1.86. The van der Waals surface area contributed by atoms with Gasteiger partial charge in [0.2, 0.25) is 0 Å². The van der Waals surface area contributed by atoms with E-state index in [2.05, 4.69) is 22.5 Å². The lowest BCUT2D eigenvalue weighted by atomic mass is 10.1. The van der Waals surface area contributed by atoms with Crippen molar-refractivity contribution in [2.75, 3.05) is 24.6 Å². The van der Waals surface area contributed by atoms with Crippen LogP contribution in [0, 0.1) is 5.92 Å². The second kappa shape index (κ2) is 7.29. The zero-order valence-electron chi connectivity index (χ0n) is 12.4. The summed E-state index contributed by atoms with van der Waals surface area (Å²) in [6, 6.07) is 0.533. The van der Waals surface area contributed by atoms with Crippen LogP contribution < -0.4 is 10.6 Å². The van der Waals surface area contributed by atoms with Crippen LogP contribution in [-0.2, 0) is 9.84 Å². The fourth-order valence-electron chi connectivity index (χ4n) is 2.90. The number of hydrogen-bond acceptors (Lipinski definition) is 3. The van der Waals surface area contributed by atoms with Crippen molar-refractivity contribution in [2.24, 2.45) is 10.9 Å². The average molecular weight is 301 g/mol. The molecule has 1 heterocycles. The summed E-state index contributed by atoms with van der Waals surface area (Å²) in [6.07, 6.45) is 6.83. The second-order valence-corrected chi connectivity index (χ2v) is 8.24. The Morgan fingerprint density at radius 2 is 2.00 bits per heavy atom. The van der Waals surface area contributed by atoms with Gasteiger partial charge >= 0.3 is 0 Å². The maximum absolute atomic E-state index is 11.5. The molecule has 6 heteroatoms. The Bertz CT molecular complexity index is 428. The van der Waals surface area contributed by atoms with Gasteiger partial charge in [-0.15, -0.1) is 0 Å². The van der Waals surface area contributed by atoms with Crippen molar-refractivity contribution in [1.29, 1.82) is 0 Å². The first kappa shape index (κ1) is 15.6. The molecular weight excluding hydrogens is 274 g/mol. The number of aliphatic imine (C=N–C) groups is 1. The molecule has 0 aromatic rings. The van der Waals surface area contributed by atoms with Gasteiger partial charge in [0.15, 0.2) is 15.8 Å². The highest BCUT2D eigenvalue weighted by Gasteiger charge is 2.27. The lowest BCUT2D eigenvalue weighted by Gasteiger charge is -2.17. The zero-order valence-corrected chi connectivity index (χ0v) is 13.2. The highest BCUT2D eigenvalue weighted by Crippen LogP contribution is 2.19. The highest BCUT2D eigenvalue weighted by atomic mass is 32.2. The summed E-state index contributed by atoms with van der Waals surface area (Å²) >= 11 is 0. The van der Waals surface area contributed by atoms with Gasteiger partial charge in [0, 0.05) is 19.1 Å². The van der Waals surface area contributed by atoms with E-state index in [4.69, 9.17) is 0 Å². The molecular formula is C14H27N3O2S. The SMILES string of the molecule is CCCNC(=NCC1CCS(=O)(=O)C1)NC1CCCC1. The van der Waals surface area contributed by atoms with E-state index >= 15 is 0 Å². The Morgan fingerprint density at radius 3 is 2.60 bits per heavy atom. The molecule has 2 fully saturated rings. The minimum atomic E-state index is -2.79. The third-order valence-electron chi connectivity index (χ3n) is 4.07. The summed E-state index contributed by atoms with van der Waals surface area (Å²) < 4.78 is 22.9. The quantitative estimate of drug-likeness (QED) is 0.593. The van der Waals surface area contributed by atoms with Crippen LogP contribution in [0.5, 0.6) is 0 Å². The van der Waals surface area contributed by atoms with Gasteiger partial charge < -0.3 is 10.6 Å². The van der Waals surface area contributed by atoms with Crippen LogP contribution in [-0.4, -0.2) is 45.0 Å². The van der Waals surface area contributed by atoms with Gasteiger partial charge in [0.25, 0.3) is 0 Å². The molecule has 1 unspecified atom stereocenters. The minimum absolute atomic E-state index is 0.198. The first-order valence-corrected chi connectivity index (χ1v) is 9.66. The Kier molecular flexibility index (Phi) is 5.69. The van der Waals surface area contributed by atoms with Gasteiger partial charge in [-0.05, 0) is 31.6 Å². The van der Waals surface area contributed by atoms with Crippen LogP contribution in [0.1, 0.15) is 45.4 Å². The molecule has 1 atom stereocenters. The van der Waals surface area contributed by atoms with Crippen molar-refractivity contribution in [3.63, 3.8) is 0 Å². The maximum atomic E-state index is 11.5. The van der Waals surface area contributed by atoms with E-state index in [1.54, 1.807) is 0 Å². The van der Waals surface area contributed by atoms with Crippen molar-refractivity contribution in [3.8, 4) is 0 Å². The number of nitrogens with one attached hydrogen (secondary N) is 2. The summed E-state index contributed by atoms with van der Waals surface area (Å²) in [7, 11) is -2.79. The van der Waals surface area contributed by atoms with Gasteiger partial charge in [-0.25, -0.2) is 8.42 Å². The molecule has 1 saturated heterocycles. The first-order chi connectivity index (χ1) is 9.59. The van der Waals surface area contributed by atoms with E-state index in [1.807, 2.05) is 0 Å². The lowest BCUT2D eigenvalue weighted by molar-refractivity contribution is 0.580. The molecule has 0 aromatic heterocycles. The molecule has 1 aliphatic heterocycles. The van der Waals surface area contributed by atoms with Crippen LogP contribution in [0.2, 0.25) is 0 Å². The van der Waals surface area contributed by atoms with Crippen molar-refractivity contribution >= 4 is 15.8 Å². The molecule has 5 nitrogen and oxygen atoms in total. The first-order valence-electron chi connectivity index (χ1n) is 7.84. The Morgan fingerprint density at radius 1 is 1.25 bits per heavy atom. The standard InChI is InChI=1S/C14H27N3O2S/c1-2-8-15-14(17-13-5-3-4-6-13)16-10-12-7-9-20(18,19)11-12/h12-13H,2-11H2,1H3,(H2,15,16,17). The molecule has 1 saturated carbocycles. The van der Waals surface area contributed by atoms with Gasteiger partial charge in [-0.1, -0.05) is 19.8 Å². The minimum Gasteiger partial charge on any atom is -0.356 e. The lowest BCUT2D eigenvalue weighted by Crippen LogP contribution is -2.43. The molecule has 0 bridgehead atoms. The number of sulfone groups is 1. The van der Waals surface area contributed by atoms with Gasteiger partial charge in [0.05, 0.1) is 11.5 Å². The summed E-state index contributed by atoms with van der Waals surface area (Å²) in [5.41, 5.74) is 0. The number of nitrogens with zero attached hydrogens (tertiary/aromatic N) is 1. The third-order valence-corrected chi connectivity index (χ3v) is 5.91. The summed E-state index contributed by atoms with van der Waals surface area (Å²) in [4.78, 5) is 4.60. The monoisotopic (exact) mass is 301 g/mol. The second-order valence-electron chi connectivity index (χ2n) is 6.01. The maximum Gasteiger partial charge on any atom is 0.191 e. The van der Waals surface area contributed by atoms with E-state index in [9.17, 15) is 8.42 Å². The van der Waals surface area contributed by atoms with E-state index in [-0.39, 0.29) is 5.92 Å². The molecule has 0 amide bonds. The van der Waals surface area contributed by atoms with Crippen molar-refractivity contribution in [1.82, 2.24) is 10.6 Å². The van der Waals surface area contributed by atoms with E-state index in [0.717, 1.165) is 25.3 Å². The Hall–Kier alpha value is -0.780.